The van der Waals surface area contributed by atoms with Gasteiger partial charge in [0.15, 0.2) is 5.82 Å². The summed E-state index contributed by atoms with van der Waals surface area (Å²) in [5.41, 5.74) is 1.87. The van der Waals surface area contributed by atoms with E-state index in [1.165, 1.54) is 5.56 Å². The van der Waals surface area contributed by atoms with Crippen LogP contribution in [0.1, 0.15) is 5.56 Å². The van der Waals surface area contributed by atoms with E-state index in [-0.39, 0.29) is 0 Å². The van der Waals surface area contributed by atoms with Crippen LogP contribution in [0.5, 0.6) is 11.5 Å². The maximum Gasteiger partial charge on any atom is 0.249 e. The average Bonchev–Trinajstić information content (AvgIpc) is 2.69. The molecule has 1 aromatic heterocycles. The van der Waals surface area contributed by atoms with Gasteiger partial charge in [-0.3, -0.25) is 0 Å². The number of anilines is 3. The van der Waals surface area contributed by atoms with Crippen LogP contribution in [0.2, 0.25) is 5.02 Å². The van der Waals surface area contributed by atoms with Gasteiger partial charge in [0.25, 0.3) is 0 Å². The van der Waals surface area contributed by atoms with Crippen molar-refractivity contribution >= 4 is 29.1 Å². The van der Waals surface area contributed by atoms with E-state index in [9.17, 15) is 0 Å². The van der Waals surface area contributed by atoms with Crippen LogP contribution < -0.4 is 20.1 Å². The molecule has 0 fully saturated rings. The number of nitrogens with one attached hydrogen (secondary N) is 2. The van der Waals surface area contributed by atoms with Crippen LogP contribution in [0, 0.1) is 0 Å². The van der Waals surface area contributed by atoms with E-state index in [2.05, 4.69) is 25.8 Å². The molecule has 0 saturated carbocycles. The second kappa shape index (κ2) is 9.05. The van der Waals surface area contributed by atoms with E-state index >= 15 is 0 Å². The summed E-state index contributed by atoms with van der Waals surface area (Å²) in [6.07, 6.45) is 2.42. The lowest BCUT2D eigenvalue weighted by atomic mass is 10.1. The smallest absolute Gasteiger partial charge is 0.249 e. The van der Waals surface area contributed by atoms with Gasteiger partial charge in [0.1, 0.15) is 11.5 Å². The van der Waals surface area contributed by atoms with Gasteiger partial charge in [-0.15, -0.1) is 5.10 Å². The standard InChI is InChI=1S/C19H20ClN5O2/c1-26-15-6-3-13(4-7-15)9-10-21-18-12-22-25-19(24-18)23-16-11-14(20)5-8-17(16)27-2/h3-8,11-12H,9-10H2,1-2H3,(H2,21,23,24,25). The molecule has 0 unspecified atom stereocenters. The summed E-state index contributed by atoms with van der Waals surface area (Å²) < 4.78 is 10.5. The molecule has 27 heavy (non-hydrogen) atoms. The first-order valence-electron chi connectivity index (χ1n) is 8.35. The van der Waals surface area contributed by atoms with Gasteiger partial charge in [-0.1, -0.05) is 23.7 Å². The molecule has 7 nitrogen and oxygen atoms in total. The molecule has 0 aliphatic heterocycles. The Morgan fingerprint density at radius 3 is 2.59 bits per heavy atom. The molecule has 0 amide bonds. The maximum absolute atomic E-state index is 6.04. The number of hydrogen-bond acceptors (Lipinski definition) is 7. The van der Waals surface area contributed by atoms with E-state index in [0.29, 0.717) is 34.8 Å². The Morgan fingerprint density at radius 2 is 1.85 bits per heavy atom. The highest BCUT2D eigenvalue weighted by atomic mass is 35.5. The molecule has 140 valence electrons. The van der Waals surface area contributed by atoms with Gasteiger partial charge < -0.3 is 20.1 Å². The molecule has 3 rings (SSSR count). The van der Waals surface area contributed by atoms with Crippen LogP contribution in [-0.4, -0.2) is 35.9 Å². The van der Waals surface area contributed by atoms with Crippen molar-refractivity contribution in [3.63, 3.8) is 0 Å². The molecular weight excluding hydrogens is 366 g/mol. The molecule has 1 heterocycles. The molecule has 0 saturated heterocycles. The van der Waals surface area contributed by atoms with Crippen molar-refractivity contribution in [1.82, 2.24) is 15.2 Å². The van der Waals surface area contributed by atoms with Crippen molar-refractivity contribution in [3.8, 4) is 11.5 Å². The number of aromatic nitrogens is 3. The molecule has 0 aliphatic rings. The van der Waals surface area contributed by atoms with Crippen molar-refractivity contribution in [3.05, 3.63) is 59.2 Å². The number of ether oxygens (including phenoxy) is 2. The van der Waals surface area contributed by atoms with Crippen molar-refractivity contribution in [2.24, 2.45) is 0 Å². The van der Waals surface area contributed by atoms with Gasteiger partial charge in [-0.05, 0) is 42.3 Å². The SMILES string of the molecule is COc1ccc(CCNc2cnnc(Nc3cc(Cl)ccc3OC)n2)cc1. The fourth-order valence-corrected chi connectivity index (χ4v) is 2.64. The molecule has 0 spiro atoms. The first kappa shape index (κ1) is 18.7. The van der Waals surface area contributed by atoms with Crippen LogP contribution in [0.4, 0.5) is 17.5 Å². The predicted molar refractivity (Wildman–Crippen MR) is 106 cm³/mol. The molecule has 2 aromatic carbocycles. The van der Waals surface area contributed by atoms with Gasteiger partial charge in [0.05, 0.1) is 26.1 Å². The minimum atomic E-state index is 0.352. The molecule has 8 heteroatoms. The van der Waals surface area contributed by atoms with Crippen LogP contribution in [-0.2, 0) is 6.42 Å². The second-order valence-corrected chi connectivity index (χ2v) is 6.10. The molecule has 0 atom stereocenters. The minimum Gasteiger partial charge on any atom is -0.497 e. The summed E-state index contributed by atoms with van der Waals surface area (Å²) >= 11 is 6.04. The largest absolute Gasteiger partial charge is 0.497 e. The zero-order valence-electron chi connectivity index (χ0n) is 15.1. The highest BCUT2D eigenvalue weighted by Gasteiger charge is 2.07. The number of methoxy groups -OCH3 is 2. The monoisotopic (exact) mass is 385 g/mol. The number of nitrogens with zero attached hydrogens (tertiary/aromatic N) is 3. The summed E-state index contributed by atoms with van der Waals surface area (Å²) in [5, 5.41) is 14.9. The number of rotatable bonds is 8. The van der Waals surface area contributed by atoms with Crippen LogP contribution >= 0.6 is 11.6 Å². The molecular formula is C19H20ClN5O2. The Morgan fingerprint density at radius 1 is 1.04 bits per heavy atom. The summed E-state index contributed by atoms with van der Waals surface area (Å²) in [6, 6.07) is 13.2. The molecule has 2 N–H and O–H groups in total. The number of halogens is 1. The van der Waals surface area contributed by atoms with Crippen molar-refractivity contribution < 1.29 is 9.47 Å². The fraction of sp³-hybridized carbons (Fsp3) is 0.211. The normalized spacial score (nSPS) is 10.3. The van der Waals surface area contributed by atoms with Crippen LogP contribution in [0.25, 0.3) is 0 Å². The average molecular weight is 386 g/mol. The summed E-state index contributed by atoms with van der Waals surface area (Å²) in [4.78, 5) is 4.42. The highest BCUT2D eigenvalue weighted by Crippen LogP contribution is 2.29. The van der Waals surface area contributed by atoms with Gasteiger partial charge >= 0.3 is 0 Å². The Hall–Kier alpha value is -3.06. The fourth-order valence-electron chi connectivity index (χ4n) is 2.47. The predicted octanol–water partition coefficient (Wildman–Crippen LogP) is 3.94. The molecule has 0 radical (unpaired) electrons. The Balaban J connectivity index is 1.61. The van der Waals surface area contributed by atoms with Gasteiger partial charge in [-0.25, -0.2) is 0 Å². The summed E-state index contributed by atoms with van der Waals surface area (Å²) in [6.45, 7) is 0.713. The van der Waals surface area contributed by atoms with Crippen LogP contribution in [0.3, 0.4) is 0 Å². The van der Waals surface area contributed by atoms with Crippen molar-refractivity contribution in [2.75, 3.05) is 31.4 Å². The first-order valence-corrected chi connectivity index (χ1v) is 8.73. The van der Waals surface area contributed by atoms with E-state index in [1.54, 1.807) is 38.6 Å². The van der Waals surface area contributed by atoms with Crippen molar-refractivity contribution in [1.29, 1.82) is 0 Å². The quantitative estimate of drug-likeness (QED) is 0.607. The molecule has 0 aliphatic carbocycles. The van der Waals surface area contributed by atoms with Gasteiger partial charge in [0, 0.05) is 11.6 Å². The third-order valence-electron chi connectivity index (χ3n) is 3.85. The van der Waals surface area contributed by atoms with E-state index in [1.807, 2.05) is 24.3 Å². The lowest BCUT2D eigenvalue weighted by molar-refractivity contribution is 0.414. The second-order valence-electron chi connectivity index (χ2n) is 5.66. The Kier molecular flexibility index (Phi) is 6.27. The third-order valence-corrected chi connectivity index (χ3v) is 4.08. The van der Waals surface area contributed by atoms with Gasteiger partial charge in [0.2, 0.25) is 5.95 Å². The zero-order chi connectivity index (χ0) is 19.1. The topological polar surface area (TPSA) is 81.2 Å². The van der Waals surface area contributed by atoms with Crippen molar-refractivity contribution in [2.45, 2.75) is 6.42 Å². The minimum absolute atomic E-state index is 0.352. The number of hydrogen-bond donors (Lipinski definition) is 2. The third kappa shape index (κ3) is 5.21. The van der Waals surface area contributed by atoms with E-state index in [4.69, 9.17) is 21.1 Å². The summed E-state index contributed by atoms with van der Waals surface area (Å²) in [5.74, 6) is 2.46. The lowest BCUT2D eigenvalue weighted by Crippen LogP contribution is -2.09. The van der Waals surface area contributed by atoms with Gasteiger partial charge in [-0.2, -0.15) is 10.1 Å². The van der Waals surface area contributed by atoms with E-state index < -0.39 is 0 Å². The maximum atomic E-state index is 6.04. The molecule has 3 aromatic rings. The zero-order valence-corrected chi connectivity index (χ0v) is 15.8. The Labute approximate surface area is 162 Å². The first-order chi connectivity index (χ1) is 13.2. The highest BCUT2D eigenvalue weighted by molar-refractivity contribution is 6.31. The Bertz CT molecular complexity index is 890. The lowest BCUT2D eigenvalue weighted by Gasteiger charge is -2.11. The number of benzene rings is 2. The summed E-state index contributed by atoms with van der Waals surface area (Å²) in [7, 11) is 3.24. The molecule has 0 bridgehead atoms. The van der Waals surface area contributed by atoms with E-state index in [0.717, 1.165) is 12.2 Å². The van der Waals surface area contributed by atoms with Crippen LogP contribution in [0.15, 0.2) is 48.7 Å².